The third-order valence-corrected chi connectivity index (χ3v) is 5.49. The molecular weight excluding hydrogens is 416 g/mol. The average molecular weight is 449 g/mol. The van der Waals surface area contributed by atoms with Crippen molar-refractivity contribution in [2.24, 2.45) is 0 Å². The van der Waals surface area contributed by atoms with Crippen LogP contribution in [0.3, 0.4) is 0 Å². The largest absolute Gasteiger partial charge is 0.493 e. The van der Waals surface area contributed by atoms with Crippen molar-refractivity contribution in [3.8, 4) is 16.9 Å². The van der Waals surface area contributed by atoms with Crippen LogP contribution in [0.15, 0.2) is 69.9 Å². The van der Waals surface area contributed by atoms with Gasteiger partial charge in [0.1, 0.15) is 17.4 Å². The number of benzene rings is 2. The van der Waals surface area contributed by atoms with Crippen LogP contribution < -0.4 is 10.4 Å². The van der Waals surface area contributed by atoms with E-state index in [9.17, 15) is 9.59 Å². The van der Waals surface area contributed by atoms with Gasteiger partial charge in [-0.15, -0.1) is 0 Å². The third kappa shape index (κ3) is 6.82. The standard InChI is InChI=1S/C28H32O5/c1-5-6-7-8-21-9-11-22(12-10-21)25-17-23-13-14-24(18-26(23)33-28(25)30)31-16-15-20(4)32-27(29)19(2)3/h9-14,17-18,20H,2,5-8,15-16H2,1,3-4H3. The molecule has 5 nitrogen and oxygen atoms in total. The molecule has 2 aromatic carbocycles. The first-order chi connectivity index (χ1) is 15.9. The van der Waals surface area contributed by atoms with E-state index in [1.165, 1.54) is 24.8 Å². The lowest BCUT2D eigenvalue weighted by Gasteiger charge is -2.14. The topological polar surface area (TPSA) is 65.7 Å². The molecule has 1 aromatic heterocycles. The third-order valence-electron chi connectivity index (χ3n) is 5.49. The Hall–Kier alpha value is -3.34. The van der Waals surface area contributed by atoms with Gasteiger partial charge in [0.05, 0.1) is 12.2 Å². The van der Waals surface area contributed by atoms with Gasteiger partial charge in [-0.2, -0.15) is 0 Å². The lowest BCUT2D eigenvalue weighted by atomic mass is 10.0. The van der Waals surface area contributed by atoms with Crippen LogP contribution >= 0.6 is 0 Å². The number of carbonyl (C=O) groups is 1. The number of ether oxygens (including phenoxy) is 2. The first-order valence-corrected chi connectivity index (χ1v) is 11.5. The summed E-state index contributed by atoms with van der Waals surface area (Å²) >= 11 is 0. The summed E-state index contributed by atoms with van der Waals surface area (Å²) in [6.07, 6.45) is 4.91. The number of rotatable bonds is 11. The van der Waals surface area contributed by atoms with Gasteiger partial charge in [0.15, 0.2) is 0 Å². The molecule has 0 aliphatic carbocycles. The minimum Gasteiger partial charge on any atom is -0.493 e. The van der Waals surface area contributed by atoms with Gasteiger partial charge in [0, 0.05) is 23.4 Å². The monoisotopic (exact) mass is 448 g/mol. The summed E-state index contributed by atoms with van der Waals surface area (Å²) in [4.78, 5) is 24.2. The predicted octanol–water partition coefficient (Wildman–Crippen LogP) is 6.47. The van der Waals surface area contributed by atoms with Crippen LogP contribution in [0.2, 0.25) is 0 Å². The Morgan fingerprint density at radius 3 is 2.55 bits per heavy atom. The van der Waals surface area contributed by atoms with Crippen molar-refractivity contribution in [2.75, 3.05) is 6.61 Å². The Kier molecular flexibility index (Phi) is 8.47. The molecule has 1 unspecified atom stereocenters. The van der Waals surface area contributed by atoms with E-state index in [1.807, 2.05) is 37.3 Å². The minimum absolute atomic E-state index is 0.284. The first-order valence-electron chi connectivity index (χ1n) is 11.5. The summed E-state index contributed by atoms with van der Waals surface area (Å²) in [5, 5.41) is 0.827. The molecule has 0 bridgehead atoms. The van der Waals surface area contributed by atoms with Gasteiger partial charge in [-0.25, -0.2) is 9.59 Å². The van der Waals surface area contributed by atoms with Crippen LogP contribution in [0.4, 0.5) is 0 Å². The van der Waals surface area contributed by atoms with Gasteiger partial charge in [-0.3, -0.25) is 0 Å². The number of aryl methyl sites for hydroxylation is 1. The quantitative estimate of drug-likeness (QED) is 0.146. The van der Waals surface area contributed by atoms with E-state index in [2.05, 4.69) is 25.6 Å². The molecule has 0 radical (unpaired) electrons. The predicted molar refractivity (Wildman–Crippen MR) is 132 cm³/mol. The second-order valence-electron chi connectivity index (χ2n) is 8.43. The number of fused-ring (bicyclic) bond motifs is 1. The summed E-state index contributed by atoms with van der Waals surface area (Å²) in [5.41, 5.74) is 3.14. The number of esters is 1. The Morgan fingerprint density at radius 2 is 1.85 bits per heavy atom. The molecule has 0 saturated heterocycles. The van der Waals surface area contributed by atoms with Gasteiger partial charge in [0.25, 0.3) is 0 Å². The van der Waals surface area contributed by atoms with Crippen molar-refractivity contribution >= 4 is 16.9 Å². The molecule has 5 heteroatoms. The van der Waals surface area contributed by atoms with Gasteiger partial charge in [-0.05, 0) is 56.0 Å². The molecular formula is C28H32O5. The van der Waals surface area contributed by atoms with Crippen molar-refractivity contribution in [1.82, 2.24) is 0 Å². The Labute approximate surface area is 195 Å². The summed E-state index contributed by atoms with van der Waals surface area (Å²) in [6, 6.07) is 15.4. The molecule has 1 atom stereocenters. The zero-order valence-corrected chi connectivity index (χ0v) is 19.7. The zero-order valence-electron chi connectivity index (χ0n) is 19.7. The van der Waals surface area contributed by atoms with Crippen LogP contribution in [-0.4, -0.2) is 18.7 Å². The lowest BCUT2D eigenvalue weighted by molar-refractivity contribution is -0.143. The van der Waals surface area contributed by atoms with Crippen LogP contribution in [-0.2, 0) is 16.0 Å². The molecule has 174 valence electrons. The zero-order chi connectivity index (χ0) is 23.8. The normalized spacial score (nSPS) is 11.8. The molecule has 0 aliphatic heterocycles. The molecule has 0 saturated carbocycles. The number of hydrogen-bond donors (Lipinski definition) is 0. The highest BCUT2D eigenvalue weighted by Gasteiger charge is 2.12. The second-order valence-corrected chi connectivity index (χ2v) is 8.43. The van der Waals surface area contributed by atoms with Gasteiger partial charge in [-0.1, -0.05) is 50.6 Å². The maximum atomic E-state index is 12.6. The fraction of sp³-hybridized carbons (Fsp3) is 0.357. The molecule has 3 aromatic rings. The molecule has 3 rings (SSSR count). The Bertz CT molecular complexity index is 1160. The molecule has 0 fully saturated rings. The van der Waals surface area contributed by atoms with E-state index in [-0.39, 0.29) is 11.7 Å². The average Bonchev–Trinajstić information content (AvgIpc) is 2.79. The van der Waals surface area contributed by atoms with Crippen LogP contribution in [0.25, 0.3) is 22.1 Å². The molecule has 1 heterocycles. The smallest absolute Gasteiger partial charge is 0.344 e. The molecule has 0 amide bonds. The van der Waals surface area contributed by atoms with E-state index >= 15 is 0 Å². The van der Waals surface area contributed by atoms with E-state index in [0.29, 0.717) is 35.5 Å². The Morgan fingerprint density at radius 1 is 1.09 bits per heavy atom. The first kappa shape index (κ1) is 24.3. The van der Waals surface area contributed by atoms with E-state index in [0.717, 1.165) is 17.4 Å². The van der Waals surface area contributed by atoms with Crippen molar-refractivity contribution in [3.05, 3.63) is 76.7 Å². The highest BCUT2D eigenvalue weighted by atomic mass is 16.5. The highest BCUT2D eigenvalue weighted by Crippen LogP contribution is 2.25. The summed E-state index contributed by atoms with van der Waals surface area (Å²) < 4.78 is 16.6. The van der Waals surface area contributed by atoms with Crippen LogP contribution in [0.5, 0.6) is 5.75 Å². The minimum atomic E-state index is -0.406. The molecule has 0 N–H and O–H groups in total. The summed E-state index contributed by atoms with van der Waals surface area (Å²) in [7, 11) is 0. The van der Waals surface area contributed by atoms with Crippen molar-refractivity contribution in [3.63, 3.8) is 0 Å². The van der Waals surface area contributed by atoms with Crippen molar-refractivity contribution in [1.29, 1.82) is 0 Å². The van der Waals surface area contributed by atoms with E-state index < -0.39 is 5.97 Å². The van der Waals surface area contributed by atoms with Crippen LogP contribution in [0.1, 0.15) is 52.0 Å². The number of hydrogen-bond acceptors (Lipinski definition) is 5. The fourth-order valence-electron chi connectivity index (χ4n) is 3.50. The van der Waals surface area contributed by atoms with E-state index in [4.69, 9.17) is 13.9 Å². The van der Waals surface area contributed by atoms with E-state index in [1.54, 1.807) is 13.0 Å². The highest BCUT2D eigenvalue weighted by molar-refractivity contribution is 5.87. The maximum Gasteiger partial charge on any atom is 0.344 e. The van der Waals surface area contributed by atoms with Gasteiger partial charge in [0.2, 0.25) is 0 Å². The number of unbranched alkanes of at least 4 members (excludes halogenated alkanes) is 2. The van der Waals surface area contributed by atoms with Crippen LogP contribution in [0, 0.1) is 0 Å². The molecule has 33 heavy (non-hydrogen) atoms. The Balaban J connectivity index is 1.66. The van der Waals surface area contributed by atoms with Crippen molar-refractivity contribution in [2.45, 2.75) is 59.0 Å². The summed E-state index contributed by atoms with van der Waals surface area (Å²) in [5.74, 6) is 0.185. The lowest BCUT2D eigenvalue weighted by Crippen LogP contribution is -2.18. The molecule has 0 aliphatic rings. The maximum absolute atomic E-state index is 12.6. The van der Waals surface area contributed by atoms with Crippen molar-refractivity contribution < 1.29 is 18.7 Å². The summed E-state index contributed by atoms with van der Waals surface area (Å²) in [6.45, 7) is 9.56. The van der Waals surface area contributed by atoms with Gasteiger partial charge < -0.3 is 13.9 Å². The fourth-order valence-corrected chi connectivity index (χ4v) is 3.50. The SMILES string of the molecule is C=C(C)C(=O)OC(C)CCOc1ccc2cc(-c3ccc(CCCCC)cc3)c(=O)oc2c1. The van der Waals surface area contributed by atoms with Gasteiger partial charge >= 0.3 is 11.6 Å². The second kappa shape index (κ2) is 11.5. The number of carbonyl (C=O) groups excluding carboxylic acids is 1. The molecule has 0 spiro atoms.